The summed E-state index contributed by atoms with van der Waals surface area (Å²) in [6, 6.07) is 18.8. The van der Waals surface area contributed by atoms with Gasteiger partial charge >= 0.3 is 0 Å². The maximum atomic E-state index is 13.6. The van der Waals surface area contributed by atoms with Crippen molar-refractivity contribution in [2.24, 2.45) is 5.92 Å². The summed E-state index contributed by atoms with van der Waals surface area (Å²) in [5.74, 6) is 0.0393. The lowest BCUT2D eigenvalue weighted by atomic mass is 9.76. The van der Waals surface area contributed by atoms with Crippen LogP contribution in [0.25, 0.3) is 0 Å². The number of methoxy groups -OCH3 is 1. The molecule has 0 saturated carbocycles. The van der Waals surface area contributed by atoms with Crippen LogP contribution in [-0.2, 0) is 4.79 Å². The lowest BCUT2D eigenvalue weighted by Crippen LogP contribution is -2.33. The van der Waals surface area contributed by atoms with E-state index in [-0.39, 0.29) is 23.5 Å². The minimum absolute atomic E-state index is 0.0296. The molecule has 5 rings (SSSR count). The zero-order valence-corrected chi connectivity index (χ0v) is 20.2. The average molecular weight is 526 g/mol. The highest BCUT2D eigenvalue weighted by molar-refractivity contribution is 9.10. The zero-order valence-electron chi connectivity index (χ0n) is 17.8. The van der Waals surface area contributed by atoms with Gasteiger partial charge in [-0.1, -0.05) is 41.9 Å². The predicted octanol–water partition coefficient (Wildman–Crippen LogP) is 6.65. The number of phenolic OH excluding ortho intramolecular Hbond substituents is 1. The Hall–Kier alpha value is -2.96. The Morgan fingerprint density at radius 1 is 1.06 bits per heavy atom. The highest BCUT2D eigenvalue weighted by atomic mass is 79.9. The molecule has 3 N–H and O–H groups in total. The van der Waals surface area contributed by atoms with Crippen molar-refractivity contribution in [3.05, 3.63) is 93.1 Å². The van der Waals surface area contributed by atoms with Gasteiger partial charge < -0.3 is 20.5 Å². The number of anilines is 2. The van der Waals surface area contributed by atoms with E-state index in [1.165, 1.54) is 7.11 Å². The van der Waals surface area contributed by atoms with Crippen LogP contribution in [0.4, 0.5) is 11.4 Å². The molecule has 1 aliphatic carbocycles. The standard InChI is InChI=1S/C26H22BrClN2O3/c1-33-23-13-16(10-18(27)26(23)32)25-24-21(29-19-4-2-3-5-20(19)30-25)11-15(12-22(24)31)14-6-8-17(28)9-7-14/h2-11,13,15,24-25,29-30,32H,12H2,1H3/t15-,24+,25-/m1/s1. The number of nitrogens with one attached hydrogen (secondary N) is 2. The van der Waals surface area contributed by atoms with E-state index in [2.05, 4.69) is 32.6 Å². The Kier molecular flexibility index (Phi) is 5.81. The number of benzene rings is 3. The van der Waals surface area contributed by atoms with E-state index in [1.807, 2.05) is 54.6 Å². The fourth-order valence-corrected chi connectivity index (χ4v) is 5.22. The highest BCUT2D eigenvalue weighted by Gasteiger charge is 2.40. The Morgan fingerprint density at radius 2 is 1.79 bits per heavy atom. The Labute approximate surface area is 205 Å². The zero-order chi connectivity index (χ0) is 23.1. The first-order chi connectivity index (χ1) is 15.9. The summed E-state index contributed by atoms with van der Waals surface area (Å²) < 4.78 is 5.88. The summed E-state index contributed by atoms with van der Waals surface area (Å²) in [6.07, 6.45) is 2.54. The number of carbonyl (C=O) groups is 1. The van der Waals surface area contributed by atoms with Gasteiger partial charge in [0.05, 0.1) is 34.9 Å². The molecule has 0 bridgehead atoms. The van der Waals surface area contributed by atoms with Crippen molar-refractivity contribution in [1.82, 2.24) is 0 Å². The Bertz CT molecular complexity index is 1260. The van der Waals surface area contributed by atoms with E-state index in [1.54, 1.807) is 6.07 Å². The number of hydrogen-bond donors (Lipinski definition) is 3. The molecule has 0 radical (unpaired) electrons. The maximum absolute atomic E-state index is 13.6. The molecule has 0 saturated heterocycles. The molecule has 7 heteroatoms. The second kappa shape index (κ2) is 8.76. The van der Waals surface area contributed by atoms with Crippen LogP contribution < -0.4 is 15.4 Å². The number of rotatable bonds is 3. The molecule has 0 unspecified atom stereocenters. The van der Waals surface area contributed by atoms with Crippen molar-refractivity contribution >= 4 is 44.7 Å². The Balaban J connectivity index is 1.64. The molecule has 5 nitrogen and oxygen atoms in total. The van der Waals surface area contributed by atoms with E-state index >= 15 is 0 Å². The normalized spacial score (nSPS) is 21.6. The van der Waals surface area contributed by atoms with Crippen LogP contribution in [-0.4, -0.2) is 18.0 Å². The third kappa shape index (κ3) is 4.09. The topological polar surface area (TPSA) is 70.6 Å². The van der Waals surface area contributed by atoms with Gasteiger partial charge in [-0.05, 0) is 63.5 Å². The molecule has 1 aliphatic heterocycles. The minimum Gasteiger partial charge on any atom is -0.503 e. The average Bonchev–Trinajstić information content (AvgIpc) is 2.98. The van der Waals surface area contributed by atoms with Crippen molar-refractivity contribution in [3.63, 3.8) is 0 Å². The van der Waals surface area contributed by atoms with Crippen molar-refractivity contribution in [2.45, 2.75) is 18.4 Å². The molecular weight excluding hydrogens is 504 g/mol. The fraction of sp³-hybridized carbons (Fsp3) is 0.192. The lowest BCUT2D eigenvalue weighted by Gasteiger charge is -2.32. The molecule has 3 aromatic rings. The van der Waals surface area contributed by atoms with Gasteiger partial charge in [0.25, 0.3) is 0 Å². The first-order valence-corrected chi connectivity index (χ1v) is 11.8. The smallest absolute Gasteiger partial charge is 0.172 e. The number of ketones is 1. The summed E-state index contributed by atoms with van der Waals surface area (Å²) >= 11 is 9.49. The number of ether oxygens (including phenoxy) is 1. The molecule has 33 heavy (non-hydrogen) atoms. The van der Waals surface area contributed by atoms with E-state index in [0.29, 0.717) is 21.7 Å². The van der Waals surface area contributed by atoms with Crippen molar-refractivity contribution in [2.75, 3.05) is 17.7 Å². The van der Waals surface area contributed by atoms with Crippen LogP contribution in [0.3, 0.4) is 0 Å². The summed E-state index contributed by atoms with van der Waals surface area (Å²) in [7, 11) is 1.51. The summed E-state index contributed by atoms with van der Waals surface area (Å²) in [4.78, 5) is 13.6. The van der Waals surface area contributed by atoms with Crippen LogP contribution in [0.15, 0.2) is 76.9 Å². The number of Topliss-reactive ketones (excluding diaryl/α,β-unsaturated/α-hetero) is 1. The molecule has 0 amide bonds. The van der Waals surface area contributed by atoms with Gasteiger partial charge in [0.2, 0.25) is 0 Å². The molecule has 3 atom stereocenters. The number of fused-ring (bicyclic) bond motifs is 2. The van der Waals surface area contributed by atoms with Gasteiger partial charge in [0.15, 0.2) is 11.5 Å². The first kappa shape index (κ1) is 21.9. The summed E-state index contributed by atoms with van der Waals surface area (Å²) in [5.41, 5.74) is 4.56. The van der Waals surface area contributed by atoms with Gasteiger partial charge in [-0.2, -0.15) is 0 Å². The second-order valence-electron chi connectivity index (χ2n) is 8.27. The number of halogens is 2. The van der Waals surface area contributed by atoms with Gasteiger partial charge in [-0.25, -0.2) is 0 Å². The van der Waals surface area contributed by atoms with Crippen LogP contribution in [0, 0.1) is 5.92 Å². The second-order valence-corrected chi connectivity index (χ2v) is 9.57. The number of para-hydroxylation sites is 2. The first-order valence-electron chi connectivity index (χ1n) is 10.6. The van der Waals surface area contributed by atoms with Gasteiger partial charge in [-0.3, -0.25) is 4.79 Å². The molecule has 0 aromatic heterocycles. The SMILES string of the molecule is COc1cc([C@H]2Nc3ccccc3NC3=C[C@@H](c4ccc(Cl)cc4)CC(=O)[C@H]32)cc(Br)c1O. The van der Waals surface area contributed by atoms with Gasteiger partial charge in [0, 0.05) is 23.1 Å². The minimum atomic E-state index is -0.429. The molecule has 168 valence electrons. The van der Waals surface area contributed by atoms with Crippen LogP contribution in [0.5, 0.6) is 11.5 Å². The lowest BCUT2D eigenvalue weighted by molar-refractivity contribution is -0.122. The fourth-order valence-electron chi connectivity index (χ4n) is 4.63. The third-order valence-electron chi connectivity index (χ3n) is 6.26. The van der Waals surface area contributed by atoms with Gasteiger partial charge in [-0.15, -0.1) is 0 Å². The maximum Gasteiger partial charge on any atom is 0.172 e. The van der Waals surface area contributed by atoms with E-state index in [9.17, 15) is 9.90 Å². The van der Waals surface area contributed by atoms with E-state index < -0.39 is 5.92 Å². The van der Waals surface area contributed by atoms with E-state index in [0.717, 1.165) is 28.2 Å². The molecule has 3 aromatic carbocycles. The monoisotopic (exact) mass is 524 g/mol. The number of allylic oxidation sites excluding steroid dienone is 1. The molecule has 0 spiro atoms. The summed E-state index contributed by atoms with van der Waals surface area (Å²) in [6.45, 7) is 0. The van der Waals surface area contributed by atoms with Crippen molar-refractivity contribution in [1.29, 1.82) is 0 Å². The van der Waals surface area contributed by atoms with Crippen molar-refractivity contribution < 1.29 is 14.6 Å². The number of carbonyl (C=O) groups excluding carboxylic acids is 1. The van der Waals surface area contributed by atoms with Gasteiger partial charge in [0.1, 0.15) is 5.78 Å². The molecule has 2 aliphatic rings. The molecule has 0 fully saturated rings. The highest BCUT2D eigenvalue weighted by Crippen LogP contribution is 2.46. The number of aromatic hydroxyl groups is 1. The van der Waals surface area contributed by atoms with Crippen LogP contribution in [0.2, 0.25) is 5.02 Å². The molecule has 1 heterocycles. The number of phenols is 1. The largest absolute Gasteiger partial charge is 0.503 e. The van der Waals surface area contributed by atoms with Crippen LogP contribution >= 0.6 is 27.5 Å². The number of hydrogen-bond acceptors (Lipinski definition) is 5. The van der Waals surface area contributed by atoms with E-state index in [4.69, 9.17) is 16.3 Å². The third-order valence-corrected chi connectivity index (χ3v) is 7.12. The summed E-state index contributed by atoms with van der Waals surface area (Å²) in [5, 5.41) is 18.1. The predicted molar refractivity (Wildman–Crippen MR) is 134 cm³/mol. The van der Waals surface area contributed by atoms with Crippen molar-refractivity contribution in [3.8, 4) is 11.5 Å². The molecular formula is C26H22BrClN2O3. The quantitative estimate of drug-likeness (QED) is 0.357. The van der Waals surface area contributed by atoms with Crippen LogP contribution in [0.1, 0.15) is 29.5 Å². The Morgan fingerprint density at radius 3 is 2.52 bits per heavy atom.